The first-order chi connectivity index (χ1) is 9.26. The lowest BCUT2D eigenvalue weighted by Gasteiger charge is -2.18. The molecule has 1 N–H and O–H groups in total. The maximum atomic E-state index is 13.0. The quantitative estimate of drug-likeness (QED) is 0.889. The van der Waals surface area contributed by atoms with Gasteiger partial charge in [-0.2, -0.15) is 5.10 Å². The van der Waals surface area contributed by atoms with Gasteiger partial charge in [0.2, 0.25) is 0 Å². The fourth-order valence-electron chi connectivity index (χ4n) is 2.36. The lowest BCUT2D eigenvalue weighted by atomic mass is 10.0. The second-order valence-corrected chi connectivity index (χ2v) is 5.10. The minimum atomic E-state index is -0.183. The van der Waals surface area contributed by atoms with Gasteiger partial charge in [-0.25, -0.2) is 4.39 Å². The molecule has 1 aromatic carbocycles. The van der Waals surface area contributed by atoms with Crippen molar-refractivity contribution in [3.63, 3.8) is 0 Å². The Morgan fingerprint density at radius 1 is 1.37 bits per heavy atom. The fraction of sp³-hybridized carbons (Fsp3) is 0.400. The number of halogens is 1. The molecule has 2 aromatic rings. The Hall–Kier alpha value is -1.84. The summed E-state index contributed by atoms with van der Waals surface area (Å²) in [5, 5.41) is 7.80. The molecule has 3 rings (SSSR count). The number of benzene rings is 1. The highest BCUT2D eigenvalue weighted by molar-refractivity contribution is 5.42. The molecule has 1 atom stereocenters. The van der Waals surface area contributed by atoms with Gasteiger partial charge in [0.05, 0.1) is 17.9 Å². The van der Waals surface area contributed by atoms with Crippen molar-refractivity contribution in [1.29, 1.82) is 0 Å². The van der Waals surface area contributed by atoms with Gasteiger partial charge in [-0.15, -0.1) is 0 Å². The number of aryl methyl sites for hydroxylation is 1. The van der Waals surface area contributed by atoms with Gasteiger partial charge in [-0.1, -0.05) is 12.1 Å². The summed E-state index contributed by atoms with van der Waals surface area (Å²) >= 11 is 0. The van der Waals surface area contributed by atoms with Gasteiger partial charge < -0.3 is 5.32 Å². The standard InChI is InChI=1S/C15H18FN3/c1-2-19-10-14(9-17-19)18-15(11-3-4-11)12-5-7-13(16)8-6-12/h5-11,15,18H,2-4H2,1H3. The molecule has 0 amide bonds. The van der Waals surface area contributed by atoms with Gasteiger partial charge in [0.15, 0.2) is 0 Å². The largest absolute Gasteiger partial charge is 0.375 e. The molecule has 1 aliphatic rings. The Morgan fingerprint density at radius 3 is 2.68 bits per heavy atom. The summed E-state index contributed by atoms with van der Waals surface area (Å²) in [6, 6.07) is 7.06. The summed E-state index contributed by atoms with van der Waals surface area (Å²) in [7, 11) is 0. The zero-order valence-electron chi connectivity index (χ0n) is 11.0. The average Bonchev–Trinajstić information content (AvgIpc) is 3.17. The third-order valence-electron chi connectivity index (χ3n) is 3.60. The van der Waals surface area contributed by atoms with Crippen LogP contribution >= 0.6 is 0 Å². The van der Waals surface area contributed by atoms with Crippen molar-refractivity contribution in [2.75, 3.05) is 5.32 Å². The molecule has 1 unspecified atom stereocenters. The first-order valence-corrected chi connectivity index (χ1v) is 6.80. The van der Waals surface area contributed by atoms with Crippen LogP contribution in [0.25, 0.3) is 0 Å². The van der Waals surface area contributed by atoms with Crippen molar-refractivity contribution in [1.82, 2.24) is 9.78 Å². The highest BCUT2D eigenvalue weighted by atomic mass is 19.1. The predicted molar refractivity (Wildman–Crippen MR) is 73.4 cm³/mol. The molecule has 1 aliphatic carbocycles. The van der Waals surface area contributed by atoms with E-state index in [0.29, 0.717) is 5.92 Å². The third-order valence-corrected chi connectivity index (χ3v) is 3.60. The highest BCUT2D eigenvalue weighted by Crippen LogP contribution is 2.42. The fourth-order valence-corrected chi connectivity index (χ4v) is 2.36. The number of anilines is 1. The van der Waals surface area contributed by atoms with Gasteiger partial charge in [0.25, 0.3) is 0 Å². The smallest absolute Gasteiger partial charge is 0.123 e. The van der Waals surface area contributed by atoms with Crippen LogP contribution in [0.5, 0.6) is 0 Å². The maximum Gasteiger partial charge on any atom is 0.123 e. The van der Waals surface area contributed by atoms with E-state index in [4.69, 9.17) is 0 Å². The van der Waals surface area contributed by atoms with Crippen molar-refractivity contribution in [2.45, 2.75) is 32.4 Å². The summed E-state index contributed by atoms with van der Waals surface area (Å²) in [6.07, 6.45) is 6.33. The molecule has 3 nitrogen and oxygen atoms in total. The summed E-state index contributed by atoms with van der Waals surface area (Å²) in [6.45, 7) is 2.93. The molecule has 1 heterocycles. The van der Waals surface area contributed by atoms with Gasteiger partial charge in [0.1, 0.15) is 5.82 Å². The van der Waals surface area contributed by atoms with E-state index in [2.05, 4.69) is 17.3 Å². The molecule has 0 spiro atoms. The second kappa shape index (κ2) is 5.03. The van der Waals surface area contributed by atoms with Crippen molar-refractivity contribution in [2.24, 2.45) is 5.92 Å². The van der Waals surface area contributed by atoms with E-state index < -0.39 is 0 Å². The van der Waals surface area contributed by atoms with Crippen LogP contribution in [0.15, 0.2) is 36.7 Å². The van der Waals surface area contributed by atoms with E-state index in [1.807, 2.05) is 29.2 Å². The zero-order chi connectivity index (χ0) is 13.2. The first-order valence-electron chi connectivity index (χ1n) is 6.80. The molecule has 100 valence electrons. The molecule has 1 saturated carbocycles. The lowest BCUT2D eigenvalue weighted by Crippen LogP contribution is -2.12. The minimum Gasteiger partial charge on any atom is -0.375 e. The van der Waals surface area contributed by atoms with Crippen LogP contribution in [0.2, 0.25) is 0 Å². The van der Waals surface area contributed by atoms with Crippen molar-refractivity contribution >= 4 is 5.69 Å². The molecule has 0 aliphatic heterocycles. The van der Waals surface area contributed by atoms with E-state index in [1.165, 1.54) is 25.0 Å². The topological polar surface area (TPSA) is 29.9 Å². The molecule has 4 heteroatoms. The molecular formula is C15H18FN3. The number of hydrogen-bond acceptors (Lipinski definition) is 2. The predicted octanol–water partition coefficient (Wildman–Crippen LogP) is 3.61. The zero-order valence-corrected chi connectivity index (χ0v) is 11.0. The van der Waals surface area contributed by atoms with Crippen LogP contribution in [0.1, 0.15) is 31.4 Å². The first kappa shape index (κ1) is 12.2. The van der Waals surface area contributed by atoms with Crippen LogP contribution < -0.4 is 5.32 Å². The van der Waals surface area contributed by atoms with Gasteiger partial charge in [-0.3, -0.25) is 4.68 Å². The molecule has 1 aromatic heterocycles. The Bertz CT molecular complexity index is 543. The van der Waals surface area contributed by atoms with Gasteiger partial charge in [-0.05, 0) is 43.4 Å². The van der Waals surface area contributed by atoms with E-state index in [-0.39, 0.29) is 11.9 Å². The van der Waals surface area contributed by atoms with Gasteiger partial charge >= 0.3 is 0 Å². The van der Waals surface area contributed by atoms with Crippen molar-refractivity contribution < 1.29 is 4.39 Å². The number of nitrogens with one attached hydrogen (secondary N) is 1. The van der Waals surface area contributed by atoms with Crippen molar-refractivity contribution in [3.8, 4) is 0 Å². The normalized spacial score (nSPS) is 16.3. The number of aromatic nitrogens is 2. The van der Waals surface area contributed by atoms with E-state index >= 15 is 0 Å². The Morgan fingerprint density at radius 2 is 2.11 bits per heavy atom. The molecule has 1 fully saturated rings. The lowest BCUT2D eigenvalue weighted by molar-refractivity contribution is 0.622. The third kappa shape index (κ3) is 2.78. The minimum absolute atomic E-state index is 0.183. The van der Waals surface area contributed by atoms with E-state index in [9.17, 15) is 4.39 Å². The number of rotatable bonds is 5. The van der Waals surface area contributed by atoms with Gasteiger partial charge in [0, 0.05) is 12.7 Å². The van der Waals surface area contributed by atoms with Crippen LogP contribution in [-0.2, 0) is 6.54 Å². The molecule has 0 saturated heterocycles. The number of hydrogen-bond donors (Lipinski definition) is 1. The van der Waals surface area contributed by atoms with E-state index in [0.717, 1.165) is 17.8 Å². The Kier molecular flexibility index (Phi) is 3.23. The molecule has 19 heavy (non-hydrogen) atoms. The average molecular weight is 259 g/mol. The summed E-state index contributed by atoms with van der Waals surface area (Å²) in [4.78, 5) is 0. The van der Waals surface area contributed by atoms with Crippen LogP contribution in [-0.4, -0.2) is 9.78 Å². The molecule has 0 bridgehead atoms. The van der Waals surface area contributed by atoms with Crippen LogP contribution in [0, 0.1) is 11.7 Å². The molecule has 0 radical (unpaired) electrons. The Balaban J connectivity index is 1.79. The van der Waals surface area contributed by atoms with E-state index in [1.54, 1.807) is 0 Å². The van der Waals surface area contributed by atoms with Crippen LogP contribution in [0.3, 0.4) is 0 Å². The number of nitrogens with zero attached hydrogens (tertiary/aromatic N) is 2. The summed E-state index contributed by atoms with van der Waals surface area (Å²) < 4.78 is 14.9. The highest BCUT2D eigenvalue weighted by Gasteiger charge is 2.32. The molecular weight excluding hydrogens is 241 g/mol. The Labute approximate surface area is 112 Å². The van der Waals surface area contributed by atoms with Crippen LogP contribution in [0.4, 0.5) is 10.1 Å². The summed E-state index contributed by atoms with van der Waals surface area (Å²) in [5.41, 5.74) is 2.18. The monoisotopic (exact) mass is 259 g/mol. The second-order valence-electron chi connectivity index (χ2n) is 5.10. The SMILES string of the molecule is CCn1cc(NC(c2ccc(F)cc2)C2CC2)cn1. The van der Waals surface area contributed by atoms with Crippen molar-refractivity contribution in [3.05, 3.63) is 48.0 Å². The maximum absolute atomic E-state index is 13.0. The summed E-state index contributed by atoms with van der Waals surface area (Å²) in [5.74, 6) is 0.465.